The van der Waals surface area contributed by atoms with Crippen LogP contribution in [0.4, 0.5) is 5.69 Å². The van der Waals surface area contributed by atoms with E-state index in [-0.39, 0.29) is 11.6 Å². The normalized spacial score (nSPS) is 10.5. The van der Waals surface area contributed by atoms with Gasteiger partial charge in [-0.15, -0.1) is 0 Å². The highest BCUT2D eigenvalue weighted by Crippen LogP contribution is 2.24. The standard InChI is InChI=1S/C17H16Cl2N2O3S/c1-11-8-12(3-5-16(11)21(23)24)17(22)20-6-7-25-10-13-2-4-14(18)9-15(13)19/h2-5,8-9H,6-7,10H2,1H3,(H,20,22). The van der Waals surface area contributed by atoms with Crippen molar-refractivity contribution in [3.63, 3.8) is 0 Å². The van der Waals surface area contributed by atoms with Gasteiger partial charge in [0.15, 0.2) is 0 Å². The lowest BCUT2D eigenvalue weighted by atomic mass is 10.1. The number of rotatable bonds is 7. The number of nitrogens with one attached hydrogen (secondary N) is 1. The van der Waals surface area contributed by atoms with Gasteiger partial charge < -0.3 is 5.32 Å². The molecule has 2 rings (SSSR count). The maximum absolute atomic E-state index is 12.1. The minimum Gasteiger partial charge on any atom is -0.351 e. The summed E-state index contributed by atoms with van der Waals surface area (Å²) in [4.78, 5) is 22.4. The van der Waals surface area contributed by atoms with Gasteiger partial charge in [-0.05, 0) is 36.8 Å². The van der Waals surface area contributed by atoms with Crippen LogP contribution in [-0.2, 0) is 5.75 Å². The van der Waals surface area contributed by atoms with E-state index in [0.717, 1.165) is 17.1 Å². The first-order chi connectivity index (χ1) is 11.9. The molecule has 0 unspecified atom stereocenters. The van der Waals surface area contributed by atoms with E-state index in [1.165, 1.54) is 18.2 Å². The summed E-state index contributed by atoms with van der Waals surface area (Å²) in [6.45, 7) is 2.10. The predicted molar refractivity (Wildman–Crippen MR) is 103 cm³/mol. The van der Waals surface area contributed by atoms with Crippen molar-refractivity contribution >= 4 is 46.6 Å². The third-order valence-electron chi connectivity index (χ3n) is 3.46. The van der Waals surface area contributed by atoms with E-state index in [0.29, 0.717) is 27.7 Å². The molecule has 0 aliphatic heterocycles. The van der Waals surface area contributed by atoms with Crippen LogP contribution in [0.15, 0.2) is 36.4 Å². The fourth-order valence-corrected chi connectivity index (χ4v) is 3.58. The third-order valence-corrected chi connectivity index (χ3v) is 5.06. The smallest absolute Gasteiger partial charge is 0.272 e. The molecule has 2 aromatic rings. The largest absolute Gasteiger partial charge is 0.351 e. The van der Waals surface area contributed by atoms with Crippen molar-refractivity contribution in [2.45, 2.75) is 12.7 Å². The minimum atomic E-state index is -0.463. The molecule has 0 saturated heterocycles. The average Bonchev–Trinajstić information content (AvgIpc) is 2.55. The molecular formula is C17H16Cl2N2O3S. The Kier molecular flexibility index (Phi) is 7.11. The number of nitrogens with zero attached hydrogens (tertiary/aromatic N) is 1. The van der Waals surface area contributed by atoms with Gasteiger partial charge in [0.2, 0.25) is 0 Å². The first kappa shape index (κ1) is 19.6. The van der Waals surface area contributed by atoms with Crippen LogP contribution in [0.2, 0.25) is 10.0 Å². The quantitative estimate of drug-likeness (QED) is 0.410. The summed E-state index contributed by atoms with van der Waals surface area (Å²) in [5, 5.41) is 14.8. The van der Waals surface area contributed by atoms with E-state index in [1.54, 1.807) is 30.8 Å². The van der Waals surface area contributed by atoms with Crippen LogP contribution in [-0.4, -0.2) is 23.1 Å². The van der Waals surface area contributed by atoms with Gasteiger partial charge in [-0.2, -0.15) is 11.8 Å². The van der Waals surface area contributed by atoms with Gasteiger partial charge in [0, 0.05) is 45.3 Å². The Morgan fingerprint density at radius 1 is 1.24 bits per heavy atom. The average molecular weight is 399 g/mol. The fourth-order valence-electron chi connectivity index (χ4n) is 2.16. The molecule has 0 spiro atoms. The number of carbonyl (C=O) groups is 1. The molecule has 132 valence electrons. The molecule has 0 radical (unpaired) electrons. The van der Waals surface area contributed by atoms with Crippen molar-refractivity contribution in [1.82, 2.24) is 5.32 Å². The number of hydrogen-bond donors (Lipinski definition) is 1. The highest BCUT2D eigenvalue weighted by atomic mass is 35.5. The van der Waals surface area contributed by atoms with Gasteiger partial charge in [-0.25, -0.2) is 0 Å². The lowest BCUT2D eigenvalue weighted by Crippen LogP contribution is -2.25. The zero-order valence-corrected chi connectivity index (χ0v) is 15.7. The third kappa shape index (κ3) is 5.63. The van der Waals surface area contributed by atoms with E-state index in [4.69, 9.17) is 23.2 Å². The van der Waals surface area contributed by atoms with Gasteiger partial charge >= 0.3 is 0 Å². The van der Waals surface area contributed by atoms with Gasteiger partial charge in [0.25, 0.3) is 11.6 Å². The van der Waals surface area contributed by atoms with E-state index < -0.39 is 4.92 Å². The highest BCUT2D eigenvalue weighted by Gasteiger charge is 2.13. The summed E-state index contributed by atoms with van der Waals surface area (Å²) in [5.74, 6) is 1.20. The molecule has 0 aromatic heterocycles. The number of halogens is 2. The minimum absolute atomic E-state index is 0.00643. The fraction of sp³-hybridized carbons (Fsp3) is 0.235. The van der Waals surface area contributed by atoms with Crippen LogP contribution in [0.25, 0.3) is 0 Å². The number of nitro benzene ring substituents is 1. The molecule has 0 bridgehead atoms. The van der Waals surface area contributed by atoms with Crippen molar-refractivity contribution in [2.75, 3.05) is 12.3 Å². The second kappa shape index (κ2) is 9.08. The maximum atomic E-state index is 12.1. The van der Waals surface area contributed by atoms with Crippen molar-refractivity contribution < 1.29 is 9.72 Å². The summed E-state index contributed by atoms with van der Waals surface area (Å²) in [6.07, 6.45) is 0. The van der Waals surface area contributed by atoms with Gasteiger partial charge in [0.1, 0.15) is 0 Å². The first-order valence-corrected chi connectivity index (χ1v) is 9.34. The van der Waals surface area contributed by atoms with Crippen LogP contribution in [0, 0.1) is 17.0 Å². The summed E-state index contributed by atoms with van der Waals surface area (Å²) in [7, 11) is 0. The van der Waals surface area contributed by atoms with E-state index in [2.05, 4.69) is 5.32 Å². The van der Waals surface area contributed by atoms with Crippen LogP contribution in [0.3, 0.4) is 0 Å². The van der Waals surface area contributed by atoms with E-state index >= 15 is 0 Å². The lowest BCUT2D eigenvalue weighted by Gasteiger charge is -2.07. The monoisotopic (exact) mass is 398 g/mol. The summed E-state index contributed by atoms with van der Waals surface area (Å²) < 4.78 is 0. The number of aryl methyl sites for hydroxylation is 1. The molecule has 8 heteroatoms. The van der Waals surface area contributed by atoms with Crippen molar-refractivity contribution in [2.24, 2.45) is 0 Å². The Bertz CT molecular complexity index is 799. The molecular weight excluding hydrogens is 383 g/mol. The number of nitro groups is 1. The van der Waals surface area contributed by atoms with E-state index in [1.807, 2.05) is 6.07 Å². The zero-order chi connectivity index (χ0) is 18.4. The van der Waals surface area contributed by atoms with Crippen molar-refractivity contribution in [3.05, 3.63) is 73.2 Å². The molecule has 5 nitrogen and oxygen atoms in total. The molecule has 0 aliphatic carbocycles. The van der Waals surface area contributed by atoms with Crippen molar-refractivity contribution in [1.29, 1.82) is 0 Å². The van der Waals surface area contributed by atoms with Gasteiger partial charge in [0.05, 0.1) is 4.92 Å². The molecule has 0 heterocycles. The number of carbonyl (C=O) groups excluding carboxylic acids is 1. The van der Waals surface area contributed by atoms with Crippen LogP contribution < -0.4 is 5.32 Å². The molecule has 0 fully saturated rings. The SMILES string of the molecule is Cc1cc(C(=O)NCCSCc2ccc(Cl)cc2Cl)ccc1[N+](=O)[O-]. The first-order valence-electron chi connectivity index (χ1n) is 7.43. The Morgan fingerprint density at radius 3 is 2.64 bits per heavy atom. The summed E-state index contributed by atoms with van der Waals surface area (Å²) in [5.41, 5.74) is 1.87. The van der Waals surface area contributed by atoms with Gasteiger partial charge in [-0.3, -0.25) is 14.9 Å². The maximum Gasteiger partial charge on any atom is 0.272 e. The molecule has 0 saturated carbocycles. The Balaban J connectivity index is 1.79. The Morgan fingerprint density at radius 2 is 2.00 bits per heavy atom. The lowest BCUT2D eigenvalue weighted by molar-refractivity contribution is -0.385. The molecule has 0 atom stereocenters. The number of hydrogen-bond acceptors (Lipinski definition) is 4. The number of benzene rings is 2. The zero-order valence-electron chi connectivity index (χ0n) is 13.4. The molecule has 25 heavy (non-hydrogen) atoms. The van der Waals surface area contributed by atoms with Crippen molar-refractivity contribution in [3.8, 4) is 0 Å². The molecule has 2 aromatic carbocycles. The molecule has 1 amide bonds. The molecule has 0 aliphatic rings. The Hall–Kier alpha value is -1.76. The van der Waals surface area contributed by atoms with E-state index in [9.17, 15) is 14.9 Å². The highest BCUT2D eigenvalue weighted by molar-refractivity contribution is 7.98. The molecule has 1 N–H and O–H groups in total. The summed E-state index contributed by atoms with van der Waals surface area (Å²) >= 11 is 13.6. The topological polar surface area (TPSA) is 72.2 Å². The van der Waals surface area contributed by atoms with Crippen LogP contribution >= 0.6 is 35.0 Å². The Labute approximate surface area is 159 Å². The van der Waals surface area contributed by atoms with Gasteiger partial charge in [-0.1, -0.05) is 29.3 Å². The number of amides is 1. The second-order valence-electron chi connectivity index (χ2n) is 5.30. The van der Waals surface area contributed by atoms with Crippen LogP contribution in [0.5, 0.6) is 0 Å². The van der Waals surface area contributed by atoms with Crippen LogP contribution in [0.1, 0.15) is 21.5 Å². The predicted octanol–water partition coefficient (Wildman–Crippen LogP) is 4.87. The summed E-state index contributed by atoms with van der Waals surface area (Å²) in [6, 6.07) is 9.71. The number of thioether (sulfide) groups is 1. The second-order valence-corrected chi connectivity index (χ2v) is 7.25.